The Morgan fingerprint density at radius 3 is 2.25 bits per heavy atom. The van der Waals surface area contributed by atoms with Gasteiger partial charge >= 0.3 is 6.18 Å². The van der Waals surface area contributed by atoms with E-state index in [0.717, 1.165) is 5.56 Å². The minimum atomic E-state index is -4.37. The van der Waals surface area contributed by atoms with Gasteiger partial charge in [-0.15, -0.1) is 12.4 Å². The molecule has 8 heteroatoms. The number of ether oxygens (including phenoxy) is 1. The molecule has 1 rings (SSSR count). The molecule has 0 aliphatic rings. The highest BCUT2D eigenvalue weighted by Gasteiger charge is 2.29. The lowest BCUT2D eigenvalue weighted by Gasteiger charge is -2.20. The van der Waals surface area contributed by atoms with E-state index in [1.165, 1.54) is 0 Å². The number of amides is 1. The zero-order valence-electron chi connectivity index (χ0n) is 14.1. The van der Waals surface area contributed by atoms with E-state index in [1.807, 2.05) is 0 Å². The topological polar surface area (TPSA) is 55.6 Å². The third-order valence-electron chi connectivity index (χ3n) is 3.34. The van der Waals surface area contributed by atoms with Gasteiger partial charge in [0.25, 0.3) is 0 Å². The van der Waals surface area contributed by atoms with Gasteiger partial charge in [-0.2, -0.15) is 13.2 Å². The number of benzene rings is 1. The van der Waals surface area contributed by atoms with Crippen LogP contribution in [0.3, 0.4) is 0 Å². The van der Waals surface area contributed by atoms with Gasteiger partial charge in [-0.3, -0.25) is 4.79 Å². The zero-order valence-corrected chi connectivity index (χ0v) is 14.9. The van der Waals surface area contributed by atoms with E-state index >= 15 is 0 Å². The van der Waals surface area contributed by atoms with Gasteiger partial charge in [0.15, 0.2) is 6.61 Å². The maximum atomic E-state index is 12.3. The summed E-state index contributed by atoms with van der Waals surface area (Å²) in [5.41, 5.74) is 7.47. The molecule has 0 aliphatic carbocycles. The molecule has 0 heterocycles. The molecule has 2 N–H and O–H groups in total. The molecular formula is C16H24ClF3N2O2. The van der Waals surface area contributed by atoms with Crippen molar-refractivity contribution in [1.29, 1.82) is 0 Å². The average Bonchev–Trinajstić information content (AvgIpc) is 2.42. The first kappa shape index (κ1) is 22.5. The fraction of sp³-hybridized carbons (Fsp3) is 0.562. The first-order chi connectivity index (χ1) is 10.6. The molecule has 0 aromatic heterocycles. The Hall–Kier alpha value is -1.47. The fourth-order valence-electron chi connectivity index (χ4n) is 2.32. The van der Waals surface area contributed by atoms with Gasteiger partial charge < -0.3 is 15.4 Å². The van der Waals surface area contributed by atoms with Crippen LogP contribution in [0, 0.1) is 13.8 Å². The van der Waals surface area contributed by atoms with Gasteiger partial charge in [-0.25, -0.2) is 0 Å². The normalized spacial score (nSPS) is 11.0. The molecular weight excluding hydrogens is 345 g/mol. The minimum absolute atomic E-state index is 0. The van der Waals surface area contributed by atoms with Crippen LogP contribution in [0.1, 0.15) is 29.5 Å². The quantitative estimate of drug-likeness (QED) is 0.802. The number of carbonyl (C=O) groups excluding carboxylic acids is 1. The number of nitrogens with two attached hydrogens (primary N) is 1. The number of carbonyl (C=O) groups is 1. The van der Waals surface area contributed by atoms with Crippen LogP contribution in [0.25, 0.3) is 0 Å². The van der Waals surface area contributed by atoms with Crippen LogP contribution < -0.4 is 10.5 Å². The molecule has 138 valence electrons. The van der Waals surface area contributed by atoms with E-state index in [-0.39, 0.29) is 24.1 Å². The summed E-state index contributed by atoms with van der Waals surface area (Å²) < 4.78 is 41.7. The molecule has 0 unspecified atom stereocenters. The van der Waals surface area contributed by atoms with Crippen LogP contribution in [0.15, 0.2) is 12.1 Å². The number of halogens is 4. The molecule has 1 aromatic carbocycles. The lowest BCUT2D eigenvalue weighted by molar-refractivity contribution is -0.153. The standard InChI is InChI=1S/C16H23F3N2O2.ClH/c1-11-7-13(9-21(3)14(22)5-4-6-20)8-12(2)15(11)23-10-16(17,18)19;/h7-8H,4-6,9-10,20H2,1-3H3;1H. The van der Waals surface area contributed by atoms with Crippen molar-refractivity contribution >= 4 is 18.3 Å². The summed E-state index contributed by atoms with van der Waals surface area (Å²) in [5, 5.41) is 0. The highest BCUT2D eigenvalue weighted by Crippen LogP contribution is 2.27. The molecule has 1 aromatic rings. The van der Waals surface area contributed by atoms with Crippen molar-refractivity contribution in [2.45, 2.75) is 39.4 Å². The predicted octanol–water partition coefficient (Wildman–Crippen LogP) is 3.36. The summed E-state index contributed by atoms with van der Waals surface area (Å²) in [6.07, 6.45) is -3.35. The molecule has 0 radical (unpaired) electrons. The summed E-state index contributed by atoms with van der Waals surface area (Å²) in [5.74, 6) is 0.228. The van der Waals surface area contributed by atoms with E-state index in [2.05, 4.69) is 0 Å². The zero-order chi connectivity index (χ0) is 17.6. The lowest BCUT2D eigenvalue weighted by atomic mass is 10.1. The SMILES string of the molecule is Cc1cc(CN(C)C(=O)CCCN)cc(C)c1OCC(F)(F)F.Cl. The monoisotopic (exact) mass is 368 g/mol. The summed E-state index contributed by atoms with van der Waals surface area (Å²) in [4.78, 5) is 13.5. The summed E-state index contributed by atoms with van der Waals surface area (Å²) in [6, 6.07) is 3.48. The maximum absolute atomic E-state index is 12.3. The van der Waals surface area contributed by atoms with Gasteiger partial charge in [0.05, 0.1) is 0 Å². The molecule has 0 saturated carbocycles. The molecule has 4 nitrogen and oxygen atoms in total. The molecule has 0 saturated heterocycles. The molecule has 0 atom stereocenters. The highest BCUT2D eigenvalue weighted by molar-refractivity contribution is 5.85. The van der Waals surface area contributed by atoms with Gasteiger partial charge in [0.2, 0.25) is 5.91 Å². The van der Waals surface area contributed by atoms with Crippen molar-refractivity contribution in [3.05, 3.63) is 28.8 Å². The second-order valence-corrected chi connectivity index (χ2v) is 5.60. The van der Waals surface area contributed by atoms with E-state index < -0.39 is 12.8 Å². The Labute approximate surface area is 146 Å². The van der Waals surface area contributed by atoms with Gasteiger partial charge in [-0.05, 0) is 43.5 Å². The van der Waals surface area contributed by atoms with Crippen molar-refractivity contribution in [3.8, 4) is 5.75 Å². The van der Waals surface area contributed by atoms with Crippen LogP contribution >= 0.6 is 12.4 Å². The van der Waals surface area contributed by atoms with Gasteiger partial charge in [0, 0.05) is 20.0 Å². The largest absolute Gasteiger partial charge is 0.484 e. The Morgan fingerprint density at radius 1 is 1.25 bits per heavy atom. The van der Waals surface area contributed by atoms with Gasteiger partial charge in [0.1, 0.15) is 5.75 Å². The third kappa shape index (κ3) is 7.40. The van der Waals surface area contributed by atoms with E-state index in [4.69, 9.17) is 10.5 Å². The highest BCUT2D eigenvalue weighted by atomic mass is 35.5. The molecule has 0 spiro atoms. The molecule has 0 bridgehead atoms. The van der Waals surface area contributed by atoms with Crippen LogP contribution in [-0.2, 0) is 11.3 Å². The first-order valence-corrected chi connectivity index (χ1v) is 7.37. The number of nitrogens with zero attached hydrogens (tertiary/aromatic N) is 1. The fourth-order valence-corrected chi connectivity index (χ4v) is 2.32. The smallest absolute Gasteiger partial charge is 0.422 e. The Morgan fingerprint density at radius 2 is 1.79 bits per heavy atom. The second kappa shape index (κ2) is 9.74. The molecule has 1 amide bonds. The first-order valence-electron chi connectivity index (χ1n) is 7.37. The second-order valence-electron chi connectivity index (χ2n) is 5.60. The average molecular weight is 369 g/mol. The van der Waals surface area contributed by atoms with Crippen molar-refractivity contribution in [2.24, 2.45) is 5.73 Å². The molecule has 0 fully saturated rings. The lowest BCUT2D eigenvalue weighted by Crippen LogP contribution is -2.26. The van der Waals surface area contributed by atoms with Crippen molar-refractivity contribution in [2.75, 3.05) is 20.2 Å². The van der Waals surface area contributed by atoms with Crippen LogP contribution in [0.2, 0.25) is 0 Å². The van der Waals surface area contributed by atoms with Crippen LogP contribution in [0.4, 0.5) is 13.2 Å². The maximum Gasteiger partial charge on any atom is 0.422 e. The van der Waals surface area contributed by atoms with Crippen LogP contribution in [0.5, 0.6) is 5.75 Å². The Balaban J connectivity index is 0.00000529. The summed E-state index contributed by atoms with van der Waals surface area (Å²) in [7, 11) is 1.69. The van der Waals surface area contributed by atoms with Gasteiger partial charge in [-0.1, -0.05) is 12.1 Å². The van der Waals surface area contributed by atoms with Crippen LogP contribution in [-0.4, -0.2) is 37.2 Å². The minimum Gasteiger partial charge on any atom is -0.484 e. The summed E-state index contributed by atoms with van der Waals surface area (Å²) >= 11 is 0. The number of aryl methyl sites for hydroxylation is 2. The molecule has 0 aliphatic heterocycles. The molecule has 24 heavy (non-hydrogen) atoms. The van der Waals surface area contributed by atoms with Crippen molar-refractivity contribution in [3.63, 3.8) is 0 Å². The number of hydrogen-bond acceptors (Lipinski definition) is 3. The Kier molecular flexibility index (Phi) is 9.14. The van der Waals surface area contributed by atoms with E-state index in [0.29, 0.717) is 37.1 Å². The van der Waals surface area contributed by atoms with Crippen molar-refractivity contribution in [1.82, 2.24) is 4.90 Å². The Bertz CT molecular complexity index is 528. The van der Waals surface area contributed by atoms with E-state index in [9.17, 15) is 18.0 Å². The number of alkyl halides is 3. The summed E-state index contributed by atoms with van der Waals surface area (Å²) in [6.45, 7) is 2.93. The van der Waals surface area contributed by atoms with E-state index in [1.54, 1.807) is 37.9 Å². The third-order valence-corrected chi connectivity index (χ3v) is 3.34. The van der Waals surface area contributed by atoms with Crippen molar-refractivity contribution < 1.29 is 22.7 Å². The predicted molar refractivity (Wildman–Crippen MR) is 89.5 cm³/mol. The number of rotatable bonds is 7. The number of hydrogen-bond donors (Lipinski definition) is 1.